The average Bonchev–Trinajstić information content (AvgIpc) is 2.43. The lowest BCUT2D eigenvalue weighted by Gasteiger charge is -2.11. The third-order valence-electron chi connectivity index (χ3n) is 2.83. The van der Waals surface area contributed by atoms with Crippen molar-refractivity contribution in [2.45, 2.75) is 12.8 Å². The molecule has 19 heavy (non-hydrogen) atoms. The van der Waals surface area contributed by atoms with Crippen molar-refractivity contribution < 1.29 is 9.13 Å². The van der Waals surface area contributed by atoms with Gasteiger partial charge in [-0.2, -0.15) is 0 Å². The molecule has 0 bridgehead atoms. The van der Waals surface area contributed by atoms with E-state index in [1.165, 1.54) is 12.1 Å². The molecule has 1 aromatic carbocycles. The number of aromatic nitrogens is 1. The van der Waals surface area contributed by atoms with Crippen LogP contribution in [0, 0.1) is 5.82 Å². The molecule has 1 heterocycles. The molecule has 0 unspecified atom stereocenters. The highest BCUT2D eigenvalue weighted by Crippen LogP contribution is 2.20. The second-order valence-corrected chi connectivity index (χ2v) is 4.24. The van der Waals surface area contributed by atoms with E-state index in [2.05, 4.69) is 4.98 Å². The molecule has 1 aromatic heterocycles. The van der Waals surface area contributed by atoms with Gasteiger partial charge in [-0.25, -0.2) is 4.39 Å². The van der Waals surface area contributed by atoms with E-state index >= 15 is 0 Å². The van der Waals surface area contributed by atoms with Crippen LogP contribution in [0.2, 0.25) is 0 Å². The van der Waals surface area contributed by atoms with Gasteiger partial charge in [-0.05, 0) is 54.4 Å². The van der Waals surface area contributed by atoms with Crippen LogP contribution in [0.15, 0.2) is 42.7 Å². The number of nitrogens with zero attached hydrogens (tertiary/aromatic N) is 1. The summed E-state index contributed by atoms with van der Waals surface area (Å²) in [6, 6.07) is 8.45. The summed E-state index contributed by atoms with van der Waals surface area (Å²) >= 11 is 0. The van der Waals surface area contributed by atoms with Crippen molar-refractivity contribution in [3.05, 3.63) is 59.7 Å². The molecule has 0 radical (unpaired) electrons. The fraction of sp³-hybridized carbons (Fsp3) is 0.267. The van der Waals surface area contributed by atoms with Crippen molar-refractivity contribution in [1.82, 2.24) is 4.98 Å². The first-order chi connectivity index (χ1) is 9.29. The van der Waals surface area contributed by atoms with Gasteiger partial charge in [0.25, 0.3) is 0 Å². The molecule has 3 nitrogen and oxygen atoms in total. The fourth-order valence-corrected chi connectivity index (χ4v) is 1.87. The van der Waals surface area contributed by atoms with Crippen LogP contribution in [0.25, 0.3) is 0 Å². The third kappa shape index (κ3) is 4.03. The maximum Gasteiger partial charge on any atom is 0.123 e. The molecule has 0 aliphatic carbocycles. The van der Waals surface area contributed by atoms with Crippen LogP contribution in [0.5, 0.6) is 5.75 Å². The monoisotopic (exact) mass is 260 g/mol. The Labute approximate surface area is 112 Å². The summed E-state index contributed by atoms with van der Waals surface area (Å²) in [6.07, 6.45) is 4.92. The van der Waals surface area contributed by atoms with E-state index in [1.807, 2.05) is 12.1 Å². The topological polar surface area (TPSA) is 48.1 Å². The quantitative estimate of drug-likeness (QED) is 0.867. The predicted molar refractivity (Wildman–Crippen MR) is 72.6 cm³/mol. The summed E-state index contributed by atoms with van der Waals surface area (Å²) in [5.74, 6) is 0.450. The molecule has 4 heteroatoms. The molecule has 0 saturated heterocycles. The first-order valence-corrected chi connectivity index (χ1v) is 6.30. The zero-order chi connectivity index (χ0) is 13.5. The molecule has 0 fully saturated rings. The Hall–Kier alpha value is -1.94. The molecular weight excluding hydrogens is 243 g/mol. The second kappa shape index (κ2) is 6.85. The van der Waals surface area contributed by atoms with Crippen LogP contribution in [-0.2, 0) is 12.8 Å². The number of pyridine rings is 1. The lowest BCUT2D eigenvalue weighted by atomic mass is 10.1. The minimum Gasteiger partial charge on any atom is -0.493 e. The minimum absolute atomic E-state index is 0.259. The Morgan fingerprint density at radius 1 is 1.11 bits per heavy atom. The molecule has 0 aliphatic rings. The molecule has 100 valence electrons. The number of hydrogen-bond donors (Lipinski definition) is 1. The molecule has 2 N–H and O–H groups in total. The van der Waals surface area contributed by atoms with Crippen molar-refractivity contribution >= 4 is 0 Å². The maximum atomic E-state index is 13.2. The van der Waals surface area contributed by atoms with Crippen molar-refractivity contribution in [2.75, 3.05) is 13.2 Å². The first-order valence-electron chi connectivity index (χ1n) is 6.30. The number of halogens is 1. The predicted octanol–water partition coefficient (Wildman–Crippen LogP) is 2.34. The number of rotatable bonds is 6. The maximum absolute atomic E-state index is 13.2. The highest BCUT2D eigenvalue weighted by atomic mass is 19.1. The minimum atomic E-state index is -0.259. The molecule has 0 amide bonds. The van der Waals surface area contributed by atoms with Crippen LogP contribution < -0.4 is 10.5 Å². The highest BCUT2D eigenvalue weighted by Gasteiger charge is 2.05. The molecule has 0 spiro atoms. The average molecular weight is 260 g/mol. The molecule has 0 atom stereocenters. The van der Waals surface area contributed by atoms with E-state index in [0.717, 1.165) is 17.5 Å². The van der Waals surface area contributed by atoms with Gasteiger partial charge in [0.05, 0.1) is 6.61 Å². The van der Waals surface area contributed by atoms with Gasteiger partial charge < -0.3 is 10.5 Å². The van der Waals surface area contributed by atoms with Crippen molar-refractivity contribution in [1.29, 1.82) is 0 Å². The molecular formula is C15H17FN2O. The van der Waals surface area contributed by atoms with Gasteiger partial charge in [-0.15, -0.1) is 0 Å². The Morgan fingerprint density at radius 2 is 1.89 bits per heavy atom. The Bertz CT molecular complexity index is 517. The number of hydrogen-bond acceptors (Lipinski definition) is 3. The van der Waals surface area contributed by atoms with Crippen molar-refractivity contribution in [3.8, 4) is 5.75 Å². The van der Waals surface area contributed by atoms with Gasteiger partial charge in [-0.1, -0.05) is 0 Å². The number of nitrogens with two attached hydrogens (primary N) is 1. The Morgan fingerprint density at radius 3 is 2.63 bits per heavy atom. The van der Waals surface area contributed by atoms with E-state index in [1.54, 1.807) is 18.5 Å². The molecule has 0 saturated carbocycles. The standard InChI is InChI=1S/C15H17FN2O/c16-14-1-2-15(13(11-14)3-7-17)19-10-6-12-4-8-18-9-5-12/h1-2,4-5,8-9,11H,3,6-7,10,17H2. The Kier molecular flexibility index (Phi) is 4.86. The van der Waals surface area contributed by atoms with Gasteiger partial charge in [0, 0.05) is 18.8 Å². The number of ether oxygens (including phenoxy) is 1. The van der Waals surface area contributed by atoms with Crippen LogP contribution in [0.3, 0.4) is 0 Å². The lowest BCUT2D eigenvalue weighted by molar-refractivity contribution is 0.318. The van der Waals surface area contributed by atoms with E-state index in [9.17, 15) is 4.39 Å². The van der Waals surface area contributed by atoms with Crippen LogP contribution in [-0.4, -0.2) is 18.1 Å². The smallest absolute Gasteiger partial charge is 0.123 e. The highest BCUT2D eigenvalue weighted by molar-refractivity contribution is 5.34. The normalized spacial score (nSPS) is 10.4. The van der Waals surface area contributed by atoms with Gasteiger partial charge in [0.15, 0.2) is 0 Å². The molecule has 2 rings (SSSR count). The SMILES string of the molecule is NCCc1cc(F)ccc1OCCc1ccncc1. The fourth-order valence-electron chi connectivity index (χ4n) is 1.87. The van der Waals surface area contributed by atoms with Crippen LogP contribution in [0.1, 0.15) is 11.1 Å². The summed E-state index contributed by atoms with van der Waals surface area (Å²) in [6.45, 7) is 1.03. The summed E-state index contributed by atoms with van der Waals surface area (Å²) in [5.41, 5.74) is 7.50. The zero-order valence-corrected chi connectivity index (χ0v) is 10.7. The zero-order valence-electron chi connectivity index (χ0n) is 10.7. The van der Waals surface area contributed by atoms with Gasteiger partial charge in [0.2, 0.25) is 0 Å². The van der Waals surface area contributed by atoms with Gasteiger partial charge in [-0.3, -0.25) is 4.98 Å². The van der Waals surface area contributed by atoms with Crippen LogP contribution in [0.4, 0.5) is 4.39 Å². The van der Waals surface area contributed by atoms with E-state index < -0.39 is 0 Å². The largest absolute Gasteiger partial charge is 0.493 e. The number of benzene rings is 1. The summed E-state index contributed by atoms with van der Waals surface area (Å²) in [7, 11) is 0. The second-order valence-electron chi connectivity index (χ2n) is 4.24. The van der Waals surface area contributed by atoms with Crippen molar-refractivity contribution in [2.24, 2.45) is 5.73 Å². The van der Waals surface area contributed by atoms with E-state index in [4.69, 9.17) is 10.5 Å². The Balaban J connectivity index is 1.95. The van der Waals surface area contributed by atoms with E-state index in [-0.39, 0.29) is 5.82 Å². The lowest BCUT2D eigenvalue weighted by Crippen LogP contribution is -2.07. The van der Waals surface area contributed by atoms with Gasteiger partial charge >= 0.3 is 0 Å². The summed E-state index contributed by atoms with van der Waals surface area (Å²) in [4.78, 5) is 3.96. The molecule has 2 aromatic rings. The summed E-state index contributed by atoms with van der Waals surface area (Å²) in [5, 5.41) is 0. The van der Waals surface area contributed by atoms with Crippen molar-refractivity contribution in [3.63, 3.8) is 0 Å². The van der Waals surface area contributed by atoms with E-state index in [0.29, 0.717) is 25.3 Å². The third-order valence-corrected chi connectivity index (χ3v) is 2.83. The molecule has 0 aliphatic heterocycles. The van der Waals surface area contributed by atoms with Gasteiger partial charge in [0.1, 0.15) is 11.6 Å². The van der Waals surface area contributed by atoms with Crippen LogP contribution >= 0.6 is 0 Å². The first kappa shape index (κ1) is 13.5. The summed E-state index contributed by atoms with van der Waals surface area (Å²) < 4.78 is 18.9.